The minimum absolute atomic E-state index is 0.0409. The Labute approximate surface area is 142 Å². The molecule has 2 heterocycles. The van der Waals surface area contributed by atoms with Crippen molar-refractivity contribution in [2.45, 2.75) is 31.4 Å². The molecule has 2 amide bonds. The number of hydrogen-bond donors (Lipinski definition) is 1. The number of amides is 2. The summed E-state index contributed by atoms with van der Waals surface area (Å²) in [5.41, 5.74) is 0.857. The van der Waals surface area contributed by atoms with Gasteiger partial charge in [0, 0.05) is 32.8 Å². The van der Waals surface area contributed by atoms with Gasteiger partial charge in [-0.2, -0.15) is 0 Å². The molecule has 0 aromatic heterocycles. The third-order valence-electron chi connectivity index (χ3n) is 5.07. The van der Waals surface area contributed by atoms with Gasteiger partial charge in [0.05, 0.1) is 6.10 Å². The first-order valence-electron chi connectivity index (χ1n) is 8.72. The molecule has 0 saturated carbocycles. The Morgan fingerprint density at radius 2 is 2.00 bits per heavy atom. The minimum Gasteiger partial charge on any atom is -0.375 e. The van der Waals surface area contributed by atoms with Crippen LogP contribution in [-0.4, -0.2) is 61.7 Å². The van der Waals surface area contributed by atoms with Gasteiger partial charge in [0.2, 0.25) is 0 Å². The molecule has 5 nitrogen and oxygen atoms in total. The van der Waals surface area contributed by atoms with E-state index in [0.717, 1.165) is 38.2 Å². The maximum atomic E-state index is 13.0. The standard InChI is InChI=1S/C18H26FN3O2/c1-24-17(14-4-6-15(19)7-5-14)12-20-18(23)22-11-8-16(13-22)21-9-2-3-10-21/h4-7,16-17H,2-3,8-13H2,1H3,(H,20,23)/t16-,17-/m1/s1. The smallest absolute Gasteiger partial charge is 0.317 e. The number of urea groups is 1. The number of nitrogens with one attached hydrogen (secondary N) is 1. The van der Waals surface area contributed by atoms with Gasteiger partial charge in [-0.3, -0.25) is 4.90 Å². The molecule has 2 atom stereocenters. The first kappa shape index (κ1) is 17.2. The average Bonchev–Trinajstić information content (AvgIpc) is 3.28. The number of halogens is 1. The van der Waals surface area contributed by atoms with Crippen LogP contribution in [0.4, 0.5) is 9.18 Å². The molecular weight excluding hydrogens is 309 g/mol. The number of benzene rings is 1. The Balaban J connectivity index is 1.48. The van der Waals surface area contributed by atoms with Gasteiger partial charge in [-0.1, -0.05) is 12.1 Å². The number of ether oxygens (including phenoxy) is 1. The number of methoxy groups -OCH3 is 1. The predicted molar refractivity (Wildman–Crippen MR) is 90.3 cm³/mol. The van der Waals surface area contributed by atoms with E-state index in [-0.39, 0.29) is 18.0 Å². The second kappa shape index (κ2) is 7.94. The van der Waals surface area contributed by atoms with Crippen molar-refractivity contribution >= 4 is 6.03 Å². The van der Waals surface area contributed by atoms with Crippen LogP contribution in [-0.2, 0) is 4.74 Å². The van der Waals surface area contributed by atoms with Crippen LogP contribution in [0.25, 0.3) is 0 Å². The van der Waals surface area contributed by atoms with Gasteiger partial charge in [0.1, 0.15) is 5.82 Å². The quantitative estimate of drug-likeness (QED) is 0.899. The van der Waals surface area contributed by atoms with E-state index in [0.29, 0.717) is 12.6 Å². The van der Waals surface area contributed by atoms with Crippen LogP contribution in [0.1, 0.15) is 30.9 Å². The minimum atomic E-state index is -0.275. The summed E-state index contributed by atoms with van der Waals surface area (Å²) in [6.07, 6.45) is 3.33. The van der Waals surface area contributed by atoms with Gasteiger partial charge >= 0.3 is 6.03 Å². The van der Waals surface area contributed by atoms with E-state index in [1.165, 1.54) is 25.0 Å². The molecule has 0 radical (unpaired) electrons. The average molecular weight is 335 g/mol. The number of likely N-dealkylation sites (tertiary alicyclic amines) is 2. The van der Waals surface area contributed by atoms with E-state index in [1.807, 2.05) is 4.90 Å². The highest BCUT2D eigenvalue weighted by atomic mass is 19.1. The van der Waals surface area contributed by atoms with Crippen molar-refractivity contribution in [2.24, 2.45) is 0 Å². The van der Waals surface area contributed by atoms with E-state index in [2.05, 4.69) is 10.2 Å². The third kappa shape index (κ3) is 4.05. The molecule has 2 saturated heterocycles. The van der Waals surface area contributed by atoms with E-state index < -0.39 is 0 Å². The molecule has 0 unspecified atom stereocenters. The molecule has 6 heteroatoms. The normalized spacial score (nSPS) is 22.8. The van der Waals surface area contributed by atoms with Crippen molar-refractivity contribution in [2.75, 3.05) is 39.8 Å². The van der Waals surface area contributed by atoms with Crippen LogP contribution in [0, 0.1) is 5.82 Å². The topological polar surface area (TPSA) is 44.8 Å². The lowest BCUT2D eigenvalue weighted by atomic mass is 10.1. The first-order valence-corrected chi connectivity index (χ1v) is 8.72. The summed E-state index contributed by atoms with van der Waals surface area (Å²) in [5, 5.41) is 2.95. The zero-order chi connectivity index (χ0) is 16.9. The SMILES string of the molecule is CO[C@H](CNC(=O)N1CC[C@@H](N2CCCC2)C1)c1ccc(F)cc1. The Kier molecular flexibility index (Phi) is 5.68. The van der Waals surface area contributed by atoms with E-state index >= 15 is 0 Å². The van der Waals surface area contributed by atoms with Crippen molar-refractivity contribution in [1.29, 1.82) is 0 Å². The maximum absolute atomic E-state index is 13.0. The van der Waals surface area contributed by atoms with Crippen LogP contribution in [0.2, 0.25) is 0 Å². The molecule has 2 aliphatic rings. The zero-order valence-corrected chi connectivity index (χ0v) is 14.2. The summed E-state index contributed by atoms with van der Waals surface area (Å²) in [6.45, 7) is 4.32. The number of carbonyl (C=O) groups is 1. The van der Waals surface area contributed by atoms with Crippen LogP contribution in [0.3, 0.4) is 0 Å². The second-order valence-corrected chi connectivity index (χ2v) is 6.59. The molecule has 2 fully saturated rings. The van der Waals surface area contributed by atoms with Crippen LogP contribution in [0.5, 0.6) is 0 Å². The molecule has 0 spiro atoms. The van der Waals surface area contributed by atoms with Gasteiger partial charge in [-0.25, -0.2) is 9.18 Å². The Bertz CT molecular complexity index is 546. The zero-order valence-electron chi connectivity index (χ0n) is 14.2. The van der Waals surface area contributed by atoms with Crippen LogP contribution >= 0.6 is 0 Å². The molecule has 3 rings (SSSR count). The van der Waals surface area contributed by atoms with Gasteiger partial charge in [-0.05, 0) is 50.0 Å². The molecule has 24 heavy (non-hydrogen) atoms. The molecule has 1 N–H and O–H groups in total. The summed E-state index contributed by atoms with van der Waals surface area (Å²) < 4.78 is 18.4. The van der Waals surface area contributed by atoms with Crippen molar-refractivity contribution in [3.8, 4) is 0 Å². The van der Waals surface area contributed by atoms with E-state index in [4.69, 9.17) is 4.74 Å². The lowest BCUT2D eigenvalue weighted by Gasteiger charge is -2.24. The first-order chi connectivity index (χ1) is 11.7. The van der Waals surface area contributed by atoms with E-state index in [9.17, 15) is 9.18 Å². The summed E-state index contributed by atoms with van der Waals surface area (Å²) >= 11 is 0. The molecule has 2 aliphatic heterocycles. The molecule has 0 aliphatic carbocycles. The lowest BCUT2D eigenvalue weighted by molar-refractivity contribution is 0.102. The summed E-state index contributed by atoms with van der Waals surface area (Å²) in [5.74, 6) is -0.275. The molecule has 132 valence electrons. The number of rotatable bonds is 5. The van der Waals surface area contributed by atoms with Crippen molar-refractivity contribution in [3.05, 3.63) is 35.6 Å². The lowest BCUT2D eigenvalue weighted by Crippen LogP contribution is -2.42. The predicted octanol–water partition coefficient (Wildman–Crippen LogP) is 2.39. The van der Waals surface area contributed by atoms with E-state index in [1.54, 1.807) is 19.2 Å². The van der Waals surface area contributed by atoms with Crippen LogP contribution in [0.15, 0.2) is 24.3 Å². The highest BCUT2D eigenvalue weighted by Crippen LogP contribution is 2.21. The van der Waals surface area contributed by atoms with Gasteiger partial charge < -0.3 is 15.0 Å². The summed E-state index contributed by atoms with van der Waals surface area (Å²) in [4.78, 5) is 16.8. The Morgan fingerprint density at radius 3 is 2.67 bits per heavy atom. The highest BCUT2D eigenvalue weighted by Gasteiger charge is 2.31. The highest BCUT2D eigenvalue weighted by molar-refractivity contribution is 5.74. The summed E-state index contributed by atoms with van der Waals surface area (Å²) in [7, 11) is 1.60. The fourth-order valence-electron chi connectivity index (χ4n) is 3.64. The maximum Gasteiger partial charge on any atom is 0.317 e. The monoisotopic (exact) mass is 335 g/mol. The van der Waals surface area contributed by atoms with Crippen LogP contribution < -0.4 is 5.32 Å². The fraction of sp³-hybridized carbons (Fsp3) is 0.611. The Hall–Kier alpha value is -1.66. The molecule has 1 aromatic rings. The number of carbonyl (C=O) groups excluding carboxylic acids is 1. The molecule has 1 aromatic carbocycles. The summed E-state index contributed by atoms with van der Waals surface area (Å²) in [6, 6.07) is 6.66. The molecule has 0 bridgehead atoms. The largest absolute Gasteiger partial charge is 0.375 e. The van der Waals surface area contributed by atoms with Crippen molar-refractivity contribution < 1.29 is 13.9 Å². The number of nitrogens with zero attached hydrogens (tertiary/aromatic N) is 2. The fourth-order valence-corrected chi connectivity index (χ4v) is 3.64. The second-order valence-electron chi connectivity index (χ2n) is 6.59. The van der Waals surface area contributed by atoms with Gasteiger partial charge in [0.15, 0.2) is 0 Å². The third-order valence-corrected chi connectivity index (χ3v) is 5.07. The van der Waals surface area contributed by atoms with Crippen molar-refractivity contribution in [3.63, 3.8) is 0 Å². The Morgan fingerprint density at radius 1 is 1.29 bits per heavy atom. The van der Waals surface area contributed by atoms with Gasteiger partial charge in [-0.15, -0.1) is 0 Å². The molecular formula is C18H26FN3O2. The number of hydrogen-bond acceptors (Lipinski definition) is 3. The van der Waals surface area contributed by atoms with Crippen molar-refractivity contribution in [1.82, 2.24) is 15.1 Å². The van der Waals surface area contributed by atoms with Gasteiger partial charge in [0.25, 0.3) is 0 Å².